The normalized spacial score (nSPS) is 15.1. The fraction of sp³-hybridized carbons (Fsp3) is 0.450. The van der Waals surface area contributed by atoms with E-state index in [0.717, 1.165) is 24.2 Å². The van der Waals surface area contributed by atoms with Gasteiger partial charge in [-0.05, 0) is 30.5 Å². The number of nitrogens with one attached hydrogen (secondary N) is 2. The molecule has 2 N–H and O–H groups in total. The number of carbonyl (C=O) groups excluding carboxylic acids is 1. The van der Waals surface area contributed by atoms with Gasteiger partial charge in [0.05, 0.1) is 12.7 Å². The van der Waals surface area contributed by atoms with E-state index in [2.05, 4.69) is 20.6 Å². The molecule has 1 amide bonds. The van der Waals surface area contributed by atoms with Gasteiger partial charge < -0.3 is 15.4 Å². The lowest BCUT2D eigenvalue weighted by molar-refractivity contribution is 0.0932. The number of rotatable bonds is 6. The molecule has 0 bridgehead atoms. The highest BCUT2D eigenvalue weighted by molar-refractivity contribution is 5.93. The van der Waals surface area contributed by atoms with Crippen LogP contribution < -0.4 is 15.4 Å². The summed E-state index contributed by atoms with van der Waals surface area (Å²) in [5.74, 6) is 1.25. The Morgan fingerprint density at radius 2 is 1.73 bits per heavy atom. The highest BCUT2D eigenvalue weighted by Gasteiger charge is 2.16. The van der Waals surface area contributed by atoms with E-state index >= 15 is 0 Å². The SMILES string of the molecule is COc1ccc(CNc2ncc(C(=O)NC3CCCCCC3)cn2)cc1. The van der Waals surface area contributed by atoms with Gasteiger partial charge in [0.1, 0.15) is 5.75 Å². The predicted molar refractivity (Wildman–Crippen MR) is 101 cm³/mol. The molecule has 1 aromatic heterocycles. The lowest BCUT2D eigenvalue weighted by atomic mass is 10.1. The number of amides is 1. The fourth-order valence-corrected chi connectivity index (χ4v) is 3.15. The summed E-state index contributed by atoms with van der Waals surface area (Å²) >= 11 is 0. The molecule has 1 aromatic carbocycles. The minimum Gasteiger partial charge on any atom is -0.497 e. The third-order valence-electron chi connectivity index (χ3n) is 4.71. The van der Waals surface area contributed by atoms with Crippen molar-refractivity contribution in [2.45, 2.75) is 51.1 Å². The van der Waals surface area contributed by atoms with E-state index in [1.54, 1.807) is 19.5 Å². The van der Waals surface area contributed by atoms with Crippen LogP contribution >= 0.6 is 0 Å². The minimum absolute atomic E-state index is 0.0846. The number of hydrogen-bond acceptors (Lipinski definition) is 5. The van der Waals surface area contributed by atoms with Crippen molar-refractivity contribution in [3.63, 3.8) is 0 Å². The van der Waals surface area contributed by atoms with E-state index < -0.39 is 0 Å². The molecule has 0 saturated heterocycles. The summed E-state index contributed by atoms with van der Waals surface area (Å²) in [7, 11) is 1.65. The number of nitrogens with zero attached hydrogens (tertiary/aromatic N) is 2. The molecule has 0 atom stereocenters. The summed E-state index contributed by atoms with van der Waals surface area (Å²) in [6, 6.07) is 8.08. The molecule has 1 saturated carbocycles. The number of anilines is 1. The Labute approximate surface area is 154 Å². The van der Waals surface area contributed by atoms with Gasteiger partial charge in [-0.15, -0.1) is 0 Å². The molecular formula is C20H26N4O2. The maximum Gasteiger partial charge on any atom is 0.254 e. The zero-order valence-electron chi connectivity index (χ0n) is 15.2. The molecule has 1 fully saturated rings. The van der Waals surface area contributed by atoms with E-state index in [1.807, 2.05) is 24.3 Å². The topological polar surface area (TPSA) is 76.1 Å². The Morgan fingerprint density at radius 3 is 2.35 bits per heavy atom. The third kappa shape index (κ3) is 5.18. The zero-order valence-corrected chi connectivity index (χ0v) is 15.2. The van der Waals surface area contributed by atoms with Crippen LogP contribution in [0.15, 0.2) is 36.7 Å². The number of carbonyl (C=O) groups is 1. The fourth-order valence-electron chi connectivity index (χ4n) is 3.15. The number of methoxy groups -OCH3 is 1. The quantitative estimate of drug-likeness (QED) is 0.776. The van der Waals surface area contributed by atoms with Gasteiger partial charge in [0.15, 0.2) is 0 Å². The van der Waals surface area contributed by atoms with Crippen molar-refractivity contribution in [3.8, 4) is 5.75 Å². The second-order valence-electron chi connectivity index (χ2n) is 6.66. The average Bonchev–Trinajstić information content (AvgIpc) is 2.96. The van der Waals surface area contributed by atoms with E-state index in [9.17, 15) is 4.79 Å². The Balaban J connectivity index is 1.51. The Kier molecular flexibility index (Phi) is 6.41. The molecular weight excluding hydrogens is 328 g/mol. The molecule has 6 nitrogen and oxygen atoms in total. The summed E-state index contributed by atoms with van der Waals surface area (Å²) in [6.45, 7) is 0.609. The van der Waals surface area contributed by atoms with E-state index in [1.165, 1.54) is 25.7 Å². The van der Waals surface area contributed by atoms with Gasteiger partial charge in [-0.3, -0.25) is 4.79 Å². The molecule has 6 heteroatoms. The van der Waals surface area contributed by atoms with Gasteiger partial charge in [0, 0.05) is 25.0 Å². The first kappa shape index (κ1) is 18.2. The van der Waals surface area contributed by atoms with Gasteiger partial charge in [-0.1, -0.05) is 37.8 Å². The first-order chi connectivity index (χ1) is 12.7. The molecule has 1 heterocycles. The molecule has 0 radical (unpaired) electrons. The van der Waals surface area contributed by atoms with Crippen LogP contribution in [0.5, 0.6) is 5.75 Å². The first-order valence-electron chi connectivity index (χ1n) is 9.24. The van der Waals surface area contributed by atoms with Crippen molar-refractivity contribution in [2.24, 2.45) is 0 Å². The predicted octanol–water partition coefficient (Wildman–Crippen LogP) is 3.55. The van der Waals surface area contributed by atoms with Crippen molar-refractivity contribution in [1.82, 2.24) is 15.3 Å². The summed E-state index contributed by atoms with van der Waals surface area (Å²) < 4.78 is 5.15. The van der Waals surface area contributed by atoms with Crippen LogP contribution in [0.2, 0.25) is 0 Å². The van der Waals surface area contributed by atoms with Gasteiger partial charge in [0.25, 0.3) is 5.91 Å². The molecule has 0 unspecified atom stereocenters. The molecule has 1 aliphatic rings. The number of aromatic nitrogens is 2. The molecule has 26 heavy (non-hydrogen) atoms. The van der Waals surface area contributed by atoms with Gasteiger partial charge >= 0.3 is 0 Å². The lowest BCUT2D eigenvalue weighted by Gasteiger charge is -2.16. The van der Waals surface area contributed by atoms with Gasteiger partial charge in [0.2, 0.25) is 5.95 Å². The third-order valence-corrected chi connectivity index (χ3v) is 4.71. The standard InChI is InChI=1S/C20H26N4O2/c1-26-18-10-8-15(9-11-18)12-21-20-22-13-16(14-23-20)19(25)24-17-6-4-2-3-5-7-17/h8-11,13-14,17H,2-7,12H2,1H3,(H,24,25)(H,21,22,23). The number of ether oxygens (including phenoxy) is 1. The summed E-state index contributed by atoms with van der Waals surface area (Å²) in [5, 5.41) is 6.27. The molecule has 0 spiro atoms. The first-order valence-corrected chi connectivity index (χ1v) is 9.24. The molecule has 3 rings (SSSR count). The number of hydrogen-bond donors (Lipinski definition) is 2. The van der Waals surface area contributed by atoms with Crippen LogP contribution in [0.3, 0.4) is 0 Å². The smallest absolute Gasteiger partial charge is 0.254 e. The van der Waals surface area contributed by atoms with E-state index in [-0.39, 0.29) is 11.9 Å². The largest absolute Gasteiger partial charge is 0.497 e. The van der Waals surface area contributed by atoms with Crippen molar-refractivity contribution >= 4 is 11.9 Å². The van der Waals surface area contributed by atoms with E-state index in [4.69, 9.17) is 4.74 Å². The van der Waals surface area contributed by atoms with Crippen LogP contribution in [0.4, 0.5) is 5.95 Å². The number of benzene rings is 1. The zero-order chi connectivity index (χ0) is 18.2. The Morgan fingerprint density at radius 1 is 1.08 bits per heavy atom. The van der Waals surface area contributed by atoms with Crippen molar-refractivity contribution in [2.75, 3.05) is 12.4 Å². The molecule has 1 aliphatic carbocycles. The maximum absolute atomic E-state index is 12.4. The van der Waals surface area contributed by atoms with Crippen LogP contribution in [0.1, 0.15) is 54.4 Å². The molecule has 2 aromatic rings. The maximum atomic E-state index is 12.4. The van der Waals surface area contributed by atoms with E-state index in [0.29, 0.717) is 18.1 Å². The van der Waals surface area contributed by atoms with Crippen molar-refractivity contribution < 1.29 is 9.53 Å². The van der Waals surface area contributed by atoms with Crippen LogP contribution in [0.25, 0.3) is 0 Å². The Hall–Kier alpha value is -2.63. The lowest BCUT2D eigenvalue weighted by Crippen LogP contribution is -2.34. The van der Waals surface area contributed by atoms with Gasteiger partial charge in [-0.2, -0.15) is 0 Å². The van der Waals surface area contributed by atoms with Crippen LogP contribution in [0, 0.1) is 0 Å². The van der Waals surface area contributed by atoms with Crippen LogP contribution in [-0.4, -0.2) is 29.0 Å². The monoisotopic (exact) mass is 354 g/mol. The Bertz CT molecular complexity index is 693. The van der Waals surface area contributed by atoms with Crippen molar-refractivity contribution in [3.05, 3.63) is 47.8 Å². The van der Waals surface area contributed by atoms with Crippen molar-refractivity contribution in [1.29, 1.82) is 0 Å². The summed E-state index contributed by atoms with van der Waals surface area (Å²) in [5.41, 5.74) is 1.61. The average molecular weight is 354 g/mol. The summed E-state index contributed by atoms with van der Waals surface area (Å²) in [6.07, 6.45) is 10.2. The molecule has 0 aliphatic heterocycles. The molecule has 138 valence electrons. The van der Waals surface area contributed by atoms with Crippen LogP contribution in [-0.2, 0) is 6.54 Å². The highest BCUT2D eigenvalue weighted by atomic mass is 16.5. The highest BCUT2D eigenvalue weighted by Crippen LogP contribution is 2.17. The van der Waals surface area contributed by atoms with Gasteiger partial charge in [-0.25, -0.2) is 9.97 Å². The summed E-state index contributed by atoms with van der Waals surface area (Å²) in [4.78, 5) is 20.9. The second kappa shape index (κ2) is 9.17. The minimum atomic E-state index is -0.0846. The second-order valence-corrected chi connectivity index (χ2v) is 6.66.